The molecule has 1 rings (SSSR count). The number of benzene rings is 1. The number of carboxylic acids is 1. The highest BCUT2D eigenvalue weighted by Gasteiger charge is 2.21. The molecule has 0 bridgehead atoms. The van der Waals surface area contributed by atoms with Crippen molar-refractivity contribution in [3.63, 3.8) is 0 Å². The summed E-state index contributed by atoms with van der Waals surface area (Å²) in [5, 5.41) is 21.8. The van der Waals surface area contributed by atoms with Crippen LogP contribution in [0.25, 0.3) is 0 Å². The minimum Gasteiger partial charge on any atom is -0.480 e. The molecule has 0 aliphatic rings. The van der Waals surface area contributed by atoms with E-state index in [0.717, 1.165) is 0 Å². The van der Waals surface area contributed by atoms with Gasteiger partial charge in [-0.15, -0.1) is 0 Å². The molecule has 2 N–H and O–H groups in total. The number of alkyl carbamates (subject to hydrolysis) is 1. The fraction of sp³-hybridized carbons (Fsp3) is 0.231. The number of nitro benzene ring substituents is 1. The number of carbonyl (C=O) groups excluding carboxylic acids is 1. The number of nitrogens with one attached hydrogen (secondary N) is 1. The quantitative estimate of drug-likeness (QED) is 0.447. The van der Waals surface area contributed by atoms with Crippen LogP contribution >= 0.6 is 0 Å². The zero-order chi connectivity index (χ0) is 15.8. The molecule has 21 heavy (non-hydrogen) atoms. The second kappa shape index (κ2) is 7.63. The van der Waals surface area contributed by atoms with Gasteiger partial charge in [-0.2, -0.15) is 0 Å². The summed E-state index contributed by atoms with van der Waals surface area (Å²) in [4.78, 5) is 32.4. The molecule has 1 unspecified atom stereocenters. The maximum Gasteiger partial charge on any atom is 0.408 e. The fourth-order valence-electron chi connectivity index (χ4n) is 1.51. The van der Waals surface area contributed by atoms with Crippen molar-refractivity contribution < 1.29 is 24.4 Å². The number of carbonyl (C=O) groups is 2. The van der Waals surface area contributed by atoms with Gasteiger partial charge in [-0.1, -0.05) is 24.8 Å². The van der Waals surface area contributed by atoms with Crippen molar-refractivity contribution in [1.29, 1.82) is 0 Å². The van der Waals surface area contributed by atoms with Gasteiger partial charge in [0.05, 0.1) is 4.92 Å². The number of hydrogen-bond acceptors (Lipinski definition) is 5. The maximum atomic E-state index is 11.3. The first kappa shape index (κ1) is 16.2. The Morgan fingerprint density at radius 1 is 1.43 bits per heavy atom. The van der Waals surface area contributed by atoms with Crippen LogP contribution < -0.4 is 5.32 Å². The Labute approximate surface area is 120 Å². The monoisotopic (exact) mass is 294 g/mol. The van der Waals surface area contributed by atoms with Gasteiger partial charge in [-0.25, -0.2) is 9.59 Å². The summed E-state index contributed by atoms with van der Waals surface area (Å²) in [7, 11) is 0. The smallest absolute Gasteiger partial charge is 0.408 e. The number of nitrogens with zero attached hydrogens (tertiary/aromatic N) is 1. The molecule has 0 heterocycles. The molecule has 0 aromatic heterocycles. The zero-order valence-corrected chi connectivity index (χ0v) is 11.0. The first-order valence-corrected chi connectivity index (χ1v) is 5.94. The molecule has 8 heteroatoms. The van der Waals surface area contributed by atoms with Crippen LogP contribution in [-0.4, -0.2) is 34.7 Å². The Bertz CT molecular complexity index is 540. The lowest BCUT2D eigenvalue weighted by Gasteiger charge is -2.14. The molecule has 0 spiro atoms. The lowest BCUT2D eigenvalue weighted by Crippen LogP contribution is -2.42. The van der Waals surface area contributed by atoms with E-state index in [1.54, 1.807) is 0 Å². The predicted octanol–water partition coefficient (Wildman–Crippen LogP) is 1.50. The molecule has 0 saturated carbocycles. The fourth-order valence-corrected chi connectivity index (χ4v) is 1.51. The first-order valence-electron chi connectivity index (χ1n) is 5.94. The van der Waals surface area contributed by atoms with Crippen LogP contribution in [0.2, 0.25) is 0 Å². The van der Waals surface area contributed by atoms with E-state index in [9.17, 15) is 19.7 Å². The number of ether oxygens (including phenoxy) is 1. The van der Waals surface area contributed by atoms with Gasteiger partial charge in [0, 0.05) is 18.6 Å². The highest BCUT2D eigenvalue weighted by molar-refractivity contribution is 5.80. The molecule has 0 fully saturated rings. The molecule has 1 aromatic rings. The third kappa shape index (κ3) is 5.31. The van der Waals surface area contributed by atoms with Crippen molar-refractivity contribution in [1.82, 2.24) is 5.32 Å². The molecular formula is C13H14N2O6. The average Bonchev–Trinajstić information content (AvgIpc) is 2.44. The van der Waals surface area contributed by atoms with Crippen LogP contribution in [0.3, 0.4) is 0 Å². The van der Waals surface area contributed by atoms with E-state index in [1.165, 1.54) is 30.3 Å². The van der Waals surface area contributed by atoms with Crippen molar-refractivity contribution >= 4 is 17.7 Å². The van der Waals surface area contributed by atoms with E-state index in [2.05, 4.69) is 16.6 Å². The number of aliphatic carboxylic acids is 1. The van der Waals surface area contributed by atoms with Crippen LogP contribution in [0, 0.1) is 10.1 Å². The molecule has 1 atom stereocenters. The summed E-state index contributed by atoms with van der Waals surface area (Å²) in [5.74, 6) is -1.23. The summed E-state index contributed by atoms with van der Waals surface area (Å²) in [5.41, 5.74) is 0.445. The Morgan fingerprint density at radius 2 is 2.05 bits per heavy atom. The van der Waals surface area contributed by atoms with E-state index in [4.69, 9.17) is 5.11 Å². The molecule has 1 amide bonds. The van der Waals surface area contributed by atoms with Crippen molar-refractivity contribution in [3.8, 4) is 0 Å². The van der Waals surface area contributed by atoms with E-state index < -0.39 is 23.0 Å². The van der Waals surface area contributed by atoms with E-state index in [1.807, 2.05) is 0 Å². The van der Waals surface area contributed by atoms with Crippen molar-refractivity contribution in [2.24, 2.45) is 0 Å². The molecule has 1 aromatic carbocycles. The SMILES string of the molecule is C=CCOC(=O)NC(Cc1ccc([N+](=O)[O-])cc1)C(=O)O. The normalized spacial score (nSPS) is 11.2. The van der Waals surface area contributed by atoms with Crippen molar-refractivity contribution in [2.75, 3.05) is 6.61 Å². The lowest BCUT2D eigenvalue weighted by molar-refractivity contribution is -0.384. The number of rotatable bonds is 7. The predicted molar refractivity (Wildman–Crippen MR) is 72.9 cm³/mol. The molecule has 8 nitrogen and oxygen atoms in total. The largest absolute Gasteiger partial charge is 0.480 e. The summed E-state index contributed by atoms with van der Waals surface area (Å²) >= 11 is 0. The van der Waals surface area contributed by atoms with Gasteiger partial charge in [0.2, 0.25) is 0 Å². The van der Waals surface area contributed by atoms with Crippen LogP contribution in [0.1, 0.15) is 5.56 Å². The molecule has 0 radical (unpaired) electrons. The van der Waals surface area contributed by atoms with Gasteiger partial charge in [-0.3, -0.25) is 10.1 Å². The third-order valence-corrected chi connectivity index (χ3v) is 2.51. The first-order chi connectivity index (χ1) is 9.93. The highest BCUT2D eigenvalue weighted by atomic mass is 16.6. The Hall–Kier alpha value is -2.90. The van der Waals surface area contributed by atoms with E-state index in [0.29, 0.717) is 5.56 Å². The summed E-state index contributed by atoms with van der Waals surface area (Å²) in [6.45, 7) is 3.33. The van der Waals surface area contributed by atoms with Crippen LogP contribution in [0.4, 0.5) is 10.5 Å². The lowest BCUT2D eigenvalue weighted by atomic mass is 10.1. The Balaban J connectivity index is 2.69. The minimum atomic E-state index is -1.23. The molecule has 112 valence electrons. The Kier molecular flexibility index (Phi) is 5.87. The number of amides is 1. The highest BCUT2D eigenvalue weighted by Crippen LogP contribution is 2.13. The van der Waals surface area contributed by atoms with Gasteiger partial charge in [0.15, 0.2) is 0 Å². The number of nitro groups is 1. The second-order valence-electron chi connectivity index (χ2n) is 4.05. The summed E-state index contributed by atoms with van der Waals surface area (Å²) in [6.07, 6.45) is 0.464. The van der Waals surface area contributed by atoms with Gasteiger partial charge in [-0.05, 0) is 5.56 Å². The van der Waals surface area contributed by atoms with Crippen LogP contribution in [0.5, 0.6) is 0 Å². The van der Waals surface area contributed by atoms with Crippen LogP contribution in [0.15, 0.2) is 36.9 Å². The van der Waals surface area contributed by atoms with E-state index in [-0.39, 0.29) is 18.7 Å². The number of hydrogen-bond donors (Lipinski definition) is 2. The topological polar surface area (TPSA) is 119 Å². The Morgan fingerprint density at radius 3 is 2.52 bits per heavy atom. The minimum absolute atomic E-state index is 0.0173. The summed E-state index contributed by atoms with van der Waals surface area (Å²) < 4.78 is 4.64. The third-order valence-electron chi connectivity index (χ3n) is 2.51. The molecule has 0 saturated heterocycles. The maximum absolute atomic E-state index is 11.3. The molecule has 0 aliphatic carbocycles. The van der Waals surface area contributed by atoms with Crippen molar-refractivity contribution in [2.45, 2.75) is 12.5 Å². The van der Waals surface area contributed by atoms with Crippen LogP contribution in [-0.2, 0) is 16.0 Å². The van der Waals surface area contributed by atoms with Gasteiger partial charge in [0.1, 0.15) is 12.6 Å². The van der Waals surface area contributed by atoms with Crippen molar-refractivity contribution in [3.05, 3.63) is 52.6 Å². The number of non-ortho nitro benzene ring substituents is 1. The number of carboxylic acid groups (broad SMARTS) is 1. The van der Waals surface area contributed by atoms with Gasteiger partial charge in [0.25, 0.3) is 5.69 Å². The van der Waals surface area contributed by atoms with Gasteiger partial charge >= 0.3 is 12.1 Å². The average molecular weight is 294 g/mol. The molecule has 0 aliphatic heterocycles. The van der Waals surface area contributed by atoms with Gasteiger partial charge < -0.3 is 15.2 Å². The standard InChI is InChI=1S/C13H14N2O6/c1-2-7-21-13(18)14-11(12(16)17)8-9-3-5-10(6-4-9)15(19)20/h2-6,11H,1,7-8H2,(H,14,18)(H,16,17). The second-order valence-corrected chi connectivity index (χ2v) is 4.05. The zero-order valence-electron chi connectivity index (χ0n) is 11.0. The van der Waals surface area contributed by atoms with E-state index >= 15 is 0 Å². The molecular weight excluding hydrogens is 280 g/mol. The summed E-state index contributed by atoms with van der Waals surface area (Å²) in [6, 6.07) is 4.22.